The molecule has 3 aromatic carbocycles. The second-order valence-corrected chi connectivity index (χ2v) is 10.3. The summed E-state index contributed by atoms with van der Waals surface area (Å²) >= 11 is 0. The van der Waals surface area contributed by atoms with Crippen molar-refractivity contribution in [2.75, 3.05) is 23.3 Å². The molecular weight excluding hydrogens is 422 g/mol. The van der Waals surface area contributed by atoms with E-state index in [0.717, 1.165) is 23.2 Å². The van der Waals surface area contributed by atoms with Crippen LogP contribution in [0.3, 0.4) is 0 Å². The van der Waals surface area contributed by atoms with Crippen molar-refractivity contribution in [2.45, 2.75) is 50.7 Å². The average molecular weight is 454 g/mol. The lowest BCUT2D eigenvalue weighted by Crippen LogP contribution is -2.59. The fraction of sp³-hybridized carbons (Fsp3) is 0.360. The summed E-state index contributed by atoms with van der Waals surface area (Å²) in [6.07, 6.45) is 0. The highest BCUT2D eigenvalue weighted by molar-refractivity contribution is 7.93. The molecule has 0 spiro atoms. The molecule has 1 fully saturated rings. The normalized spacial score (nSPS) is 21.5. The monoisotopic (exact) mass is 453 g/mol. The molecule has 1 aliphatic rings. The third-order valence-electron chi connectivity index (χ3n) is 6.29. The fourth-order valence-corrected chi connectivity index (χ4v) is 5.80. The average Bonchev–Trinajstić information content (AvgIpc) is 2.76. The van der Waals surface area contributed by atoms with Gasteiger partial charge in [-0.25, -0.2) is 8.42 Å². The van der Waals surface area contributed by atoms with Crippen LogP contribution in [-0.2, 0) is 10.0 Å². The molecule has 7 heteroatoms. The Morgan fingerprint density at radius 2 is 1.75 bits per heavy atom. The van der Waals surface area contributed by atoms with Gasteiger partial charge in [-0.05, 0) is 57.5 Å². The largest absolute Gasteiger partial charge is 0.495 e. The zero-order chi connectivity index (χ0) is 23.0. The van der Waals surface area contributed by atoms with Crippen LogP contribution in [0, 0.1) is 6.92 Å². The summed E-state index contributed by atoms with van der Waals surface area (Å²) in [5.74, 6) is 0.493. The second-order valence-electron chi connectivity index (χ2n) is 8.69. The van der Waals surface area contributed by atoms with Crippen LogP contribution in [0.5, 0.6) is 5.75 Å². The zero-order valence-corrected chi connectivity index (χ0v) is 20.0. The van der Waals surface area contributed by atoms with Crippen LogP contribution >= 0.6 is 0 Å². The van der Waals surface area contributed by atoms with Crippen molar-refractivity contribution < 1.29 is 13.2 Å². The highest BCUT2D eigenvalue weighted by atomic mass is 32.2. The Kier molecular flexibility index (Phi) is 6.05. The Morgan fingerprint density at radius 1 is 1.03 bits per heavy atom. The first-order valence-electron chi connectivity index (χ1n) is 10.9. The first kappa shape index (κ1) is 22.4. The van der Waals surface area contributed by atoms with Gasteiger partial charge in [-0.2, -0.15) is 0 Å². The zero-order valence-electron chi connectivity index (χ0n) is 19.2. The van der Waals surface area contributed by atoms with Crippen molar-refractivity contribution in [3.63, 3.8) is 0 Å². The number of sulfonamides is 1. The fourth-order valence-electron chi connectivity index (χ4n) is 4.51. The Labute approximate surface area is 190 Å². The second kappa shape index (κ2) is 8.64. The minimum atomic E-state index is -3.83. The predicted molar refractivity (Wildman–Crippen MR) is 131 cm³/mol. The van der Waals surface area contributed by atoms with Crippen molar-refractivity contribution >= 4 is 32.2 Å². The molecular formula is C25H31N3O3S. The van der Waals surface area contributed by atoms with Gasteiger partial charge >= 0.3 is 0 Å². The number of piperazine rings is 1. The molecule has 3 aromatic rings. The molecule has 0 aromatic heterocycles. The van der Waals surface area contributed by atoms with Crippen molar-refractivity contribution in [1.29, 1.82) is 0 Å². The van der Waals surface area contributed by atoms with E-state index >= 15 is 0 Å². The van der Waals surface area contributed by atoms with Crippen molar-refractivity contribution in [3.05, 3.63) is 60.2 Å². The molecule has 0 aliphatic carbocycles. The standard InChI is InChI=1S/C25H31N3O3S/c1-16-10-11-22(24(14-16)31-5)27-32(29,30)25-13-12-23(20-8-6-7-9-21(20)25)28-15-17(2)26-18(3)19(28)4/h6-14,17-19,26-27H,15H2,1-5H3. The smallest absolute Gasteiger partial charge is 0.262 e. The quantitative estimate of drug-likeness (QED) is 0.594. The number of rotatable bonds is 5. The van der Waals surface area contributed by atoms with Crippen molar-refractivity contribution in [3.8, 4) is 5.75 Å². The topological polar surface area (TPSA) is 70.7 Å². The summed E-state index contributed by atoms with van der Waals surface area (Å²) in [6.45, 7) is 9.36. The lowest BCUT2D eigenvalue weighted by molar-refractivity contribution is 0.347. The van der Waals surface area contributed by atoms with Crippen LogP contribution in [0.1, 0.15) is 26.3 Å². The molecule has 0 bridgehead atoms. The molecule has 6 nitrogen and oxygen atoms in total. The van der Waals surface area contributed by atoms with Gasteiger partial charge in [0.15, 0.2) is 0 Å². The van der Waals surface area contributed by atoms with Crippen LogP contribution in [0.25, 0.3) is 10.8 Å². The van der Waals surface area contributed by atoms with Gasteiger partial charge in [0, 0.05) is 41.1 Å². The molecule has 0 radical (unpaired) electrons. The Balaban J connectivity index is 1.79. The first-order valence-corrected chi connectivity index (χ1v) is 12.4. The summed E-state index contributed by atoms with van der Waals surface area (Å²) in [5.41, 5.74) is 2.47. The van der Waals surface area contributed by atoms with E-state index in [4.69, 9.17) is 4.74 Å². The van der Waals surface area contributed by atoms with E-state index in [1.165, 1.54) is 7.11 Å². The predicted octanol–water partition coefficient (Wildman–Crippen LogP) is 4.53. The van der Waals surface area contributed by atoms with Crippen LogP contribution in [-0.4, -0.2) is 40.2 Å². The number of benzene rings is 3. The number of hydrogen-bond donors (Lipinski definition) is 2. The van der Waals surface area contributed by atoms with Crippen LogP contribution in [0.2, 0.25) is 0 Å². The first-order chi connectivity index (χ1) is 15.2. The summed E-state index contributed by atoms with van der Waals surface area (Å²) in [4.78, 5) is 2.63. The van der Waals surface area contributed by atoms with Gasteiger partial charge in [0.05, 0.1) is 17.7 Å². The molecule has 0 saturated carbocycles. The van der Waals surface area contributed by atoms with E-state index in [1.54, 1.807) is 12.1 Å². The number of ether oxygens (including phenoxy) is 1. The lowest BCUT2D eigenvalue weighted by Gasteiger charge is -2.44. The molecule has 32 heavy (non-hydrogen) atoms. The number of hydrogen-bond acceptors (Lipinski definition) is 5. The summed E-state index contributed by atoms with van der Waals surface area (Å²) < 4.78 is 35.0. The molecule has 4 rings (SSSR count). The third kappa shape index (κ3) is 4.14. The van der Waals surface area contributed by atoms with Gasteiger partial charge < -0.3 is 15.0 Å². The number of methoxy groups -OCH3 is 1. The molecule has 3 unspecified atom stereocenters. The van der Waals surface area contributed by atoms with E-state index in [9.17, 15) is 8.42 Å². The Hall–Kier alpha value is -2.77. The highest BCUT2D eigenvalue weighted by Gasteiger charge is 2.30. The van der Waals surface area contributed by atoms with E-state index in [2.05, 4.69) is 35.7 Å². The molecule has 0 amide bonds. The van der Waals surface area contributed by atoms with Gasteiger partial charge in [-0.3, -0.25) is 4.72 Å². The van der Waals surface area contributed by atoms with E-state index in [0.29, 0.717) is 28.9 Å². The van der Waals surface area contributed by atoms with E-state index in [-0.39, 0.29) is 10.9 Å². The SMILES string of the molecule is COc1cc(C)ccc1NS(=O)(=O)c1ccc(N2CC(C)NC(C)C2C)c2ccccc12. The molecule has 3 atom stereocenters. The minimum Gasteiger partial charge on any atom is -0.495 e. The molecule has 1 saturated heterocycles. The lowest BCUT2D eigenvalue weighted by atomic mass is 10.00. The number of anilines is 2. The Morgan fingerprint density at radius 3 is 2.47 bits per heavy atom. The maximum atomic E-state index is 13.4. The van der Waals surface area contributed by atoms with Crippen molar-refractivity contribution in [1.82, 2.24) is 5.32 Å². The van der Waals surface area contributed by atoms with Crippen LogP contribution < -0.4 is 19.7 Å². The number of aryl methyl sites for hydroxylation is 1. The highest BCUT2D eigenvalue weighted by Crippen LogP contribution is 2.36. The summed E-state index contributed by atoms with van der Waals surface area (Å²) in [5, 5.41) is 5.23. The molecule has 1 aliphatic heterocycles. The minimum absolute atomic E-state index is 0.253. The number of fused-ring (bicyclic) bond motifs is 1. The number of nitrogens with zero attached hydrogens (tertiary/aromatic N) is 1. The van der Waals surface area contributed by atoms with Gasteiger partial charge in [0.25, 0.3) is 10.0 Å². The van der Waals surface area contributed by atoms with Crippen LogP contribution in [0.4, 0.5) is 11.4 Å². The van der Waals surface area contributed by atoms with Crippen molar-refractivity contribution in [2.24, 2.45) is 0 Å². The molecule has 1 heterocycles. The Bertz CT molecular complexity index is 1240. The van der Waals surface area contributed by atoms with Gasteiger partial charge in [-0.15, -0.1) is 0 Å². The van der Waals surface area contributed by atoms with E-state index in [1.807, 2.05) is 49.4 Å². The third-order valence-corrected chi connectivity index (χ3v) is 7.72. The summed E-state index contributed by atoms with van der Waals surface area (Å²) in [7, 11) is -2.29. The number of nitrogens with one attached hydrogen (secondary N) is 2. The van der Waals surface area contributed by atoms with E-state index < -0.39 is 10.0 Å². The molecule has 170 valence electrons. The van der Waals surface area contributed by atoms with Gasteiger partial charge in [0.2, 0.25) is 0 Å². The molecule has 2 N–H and O–H groups in total. The van der Waals surface area contributed by atoms with Crippen LogP contribution in [0.15, 0.2) is 59.5 Å². The maximum Gasteiger partial charge on any atom is 0.262 e. The van der Waals surface area contributed by atoms with Gasteiger partial charge in [-0.1, -0.05) is 30.3 Å². The van der Waals surface area contributed by atoms with Gasteiger partial charge in [0.1, 0.15) is 5.75 Å². The summed E-state index contributed by atoms with van der Waals surface area (Å²) in [6, 6.07) is 17.7. The maximum absolute atomic E-state index is 13.4.